The van der Waals surface area contributed by atoms with E-state index < -0.39 is 11.7 Å². The number of nitrogens with one attached hydrogen (secondary N) is 2. The summed E-state index contributed by atoms with van der Waals surface area (Å²) in [4.78, 5) is 23.6. The van der Waals surface area contributed by atoms with E-state index >= 15 is 0 Å². The fraction of sp³-hybridized carbons (Fsp3) is 0.500. The fourth-order valence-electron chi connectivity index (χ4n) is 1.73. The molecule has 1 aromatic rings. The Morgan fingerprint density at radius 1 is 1.24 bits per heavy atom. The van der Waals surface area contributed by atoms with Crippen LogP contribution in [0, 0.1) is 6.92 Å². The lowest BCUT2D eigenvalue weighted by molar-refractivity contribution is 0.0506. The third-order valence-electron chi connectivity index (χ3n) is 2.72. The molecule has 1 aromatic carbocycles. The number of carbonyl (C=O) groups is 2. The van der Waals surface area contributed by atoms with Crippen molar-refractivity contribution >= 4 is 12.0 Å². The SMILES string of the molecule is Cc1ccccc1C(=O)NCC(C)NC(=O)OC(C)(C)C. The third kappa shape index (κ3) is 6.29. The van der Waals surface area contributed by atoms with E-state index in [-0.39, 0.29) is 11.9 Å². The Hall–Kier alpha value is -2.04. The van der Waals surface area contributed by atoms with Crippen LogP contribution in [0.25, 0.3) is 0 Å². The molecule has 0 saturated carbocycles. The van der Waals surface area contributed by atoms with Crippen molar-refractivity contribution in [3.63, 3.8) is 0 Å². The van der Waals surface area contributed by atoms with Gasteiger partial charge in [-0.3, -0.25) is 4.79 Å². The Kier molecular flexibility index (Phi) is 5.76. The van der Waals surface area contributed by atoms with E-state index in [1.807, 2.05) is 32.0 Å². The van der Waals surface area contributed by atoms with Crippen LogP contribution in [-0.2, 0) is 4.74 Å². The molecule has 2 amide bonds. The molecule has 5 heteroatoms. The summed E-state index contributed by atoms with van der Waals surface area (Å²) in [6, 6.07) is 7.16. The normalized spacial score (nSPS) is 12.4. The average molecular weight is 292 g/mol. The number of hydrogen-bond donors (Lipinski definition) is 2. The molecule has 0 spiro atoms. The summed E-state index contributed by atoms with van der Waals surface area (Å²) >= 11 is 0. The summed E-state index contributed by atoms with van der Waals surface area (Å²) in [6.45, 7) is 9.44. The van der Waals surface area contributed by atoms with Crippen molar-refractivity contribution in [3.8, 4) is 0 Å². The van der Waals surface area contributed by atoms with Crippen LogP contribution < -0.4 is 10.6 Å². The molecular weight excluding hydrogens is 268 g/mol. The summed E-state index contributed by atoms with van der Waals surface area (Å²) in [5.41, 5.74) is 1.03. The van der Waals surface area contributed by atoms with Gasteiger partial charge >= 0.3 is 6.09 Å². The zero-order valence-corrected chi connectivity index (χ0v) is 13.3. The van der Waals surface area contributed by atoms with Gasteiger partial charge in [-0.1, -0.05) is 18.2 Å². The van der Waals surface area contributed by atoms with Crippen LogP contribution in [0.4, 0.5) is 4.79 Å². The van der Waals surface area contributed by atoms with E-state index in [2.05, 4.69) is 10.6 Å². The minimum absolute atomic E-state index is 0.147. The molecule has 0 saturated heterocycles. The molecule has 1 atom stereocenters. The van der Waals surface area contributed by atoms with Gasteiger partial charge in [-0.25, -0.2) is 4.79 Å². The lowest BCUT2D eigenvalue weighted by Gasteiger charge is -2.22. The van der Waals surface area contributed by atoms with Crippen molar-refractivity contribution in [1.29, 1.82) is 0 Å². The highest BCUT2D eigenvalue weighted by atomic mass is 16.6. The van der Waals surface area contributed by atoms with Gasteiger partial charge in [0.15, 0.2) is 0 Å². The Bertz CT molecular complexity index is 506. The monoisotopic (exact) mass is 292 g/mol. The minimum Gasteiger partial charge on any atom is -0.444 e. The number of hydrogen-bond acceptors (Lipinski definition) is 3. The first-order valence-electron chi connectivity index (χ1n) is 7.02. The number of rotatable bonds is 4. The van der Waals surface area contributed by atoms with E-state index in [1.165, 1.54) is 0 Å². The molecule has 0 aliphatic heterocycles. The van der Waals surface area contributed by atoms with Crippen LogP contribution in [-0.4, -0.2) is 30.2 Å². The Balaban J connectivity index is 2.43. The first-order chi connectivity index (χ1) is 9.69. The number of benzene rings is 1. The summed E-state index contributed by atoms with van der Waals surface area (Å²) in [5.74, 6) is -0.147. The molecule has 5 nitrogen and oxygen atoms in total. The van der Waals surface area contributed by atoms with Crippen LogP contribution >= 0.6 is 0 Å². The number of carbonyl (C=O) groups excluding carboxylic acids is 2. The summed E-state index contributed by atoms with van der Waals surface area (Å²) < 4.78 is 5.16. The summed E-state index contributed by atoms with van der Waals surface area (Å²) in [5, 5.41) is 5.48. The summed E-state index contributed by atoms with van der Waals surface area (Å²) in [6.07, 6.45) is -0.486. The van der Waals surface area contributed by atoms with Gasteiger partial charge in [-0.05, 0) is 46.2 Å². The van der Waals surface area contributed by atoms with Crippen LogP contribution in [0.5, 0.6) is 0 Å². The van der Waals surface area contributed by atoms with Crippen molar-refractivity contribution in [2.24, 2.45) is 0 Å². The van der Waals surface area contributed by atoms with Gasteiger partial charge < -0.3 is 15.4 Å². The molecule has 21 heavy (non-hydrogen) atoms. The van der Waals surface area contributed by atoms with Gasteiger partial charge in [-0.2, -0.15) is 0 Å². The van der Waals surface area contributed by atoms with Crippen LogP contribution in [0.3, 0.4) is 0 Å². The Labute approximate surface area is 126 Å². The van der Waals surface area contributed by atoms with E-state index in [0.29, 0.717) is 12.1 Å². The molecule has 2 N–H and O–H groups in total. The standard InChI is InChI=1S/C16H24N2O3/c1-11-8-6-7-9-13(11)14(19)17-10-12(2)18-15(20)21-16(3,4)5/h6-9,12H,10H2,1-5H3,(H,17,19)(H,18,20). The van der Waals surface area contributed by atoms with Crippen molar-refractivity contribution in [2.75, 3.05) is 6.54 Å². The summed E-state index contributed by atoms with van der Waals surface area (Å²) in [7, 11) is 0. The Morgan fingerprint density at radius 3 is 2.43 bits per heavy atom. The van der Waals surface area contributed by atoms with Gasteiger partial charge in [0.05, 0.1) is 0 Å². The molecule has 1 unspecified atom stereocenters. The molecule has 0 radical (unpaired) electrons. The van der Waals surface area contributed by atoms with Crippen molar-refractivity contribution < 1.29 is 14.3 Å². The van der Waals surface area contributed by atoms with E-state index in [0.717, 1.165) is 5.56 Å². The quantitative estimate of drug-likeness (QED) is 0.896. The zero-order chi connectivity index (χ0) is 16.0. The molecule has 0 aromatic heterocycles. The second kappa shape index (κ2) is 7.11. The lowest BCUT2D eigenvalue weighted by atomic mass is 10.1. The number of alkyl carbamates (subject to hydrolysis) is 1. The van der Waals surface area contributed by atoms with Gasteiger partial charge in [0.25, 0.3) is 5.91 Å². The predicted molar refractivity (Wildman–Crippen MR) is 82.3 cm³/mol. The van der Waals surface area contributed by atoms with Crippen LogP contribution in [0.2, 0.25) is 0 Å². The van der Waals surface area contributed by atoms with Crippen molar-refractivity contribution in [2.45, 2.75) is 46.3 Å². The molecule has 1 rings (SSSR count). The van der Waals surface area contributed by atoms with E-state index in [1.54, 1.807) is 26.8 Å². The molecule has 0 fully saturated rings. The molecule has 0 bridgehead atoms. The van der Waals surface area contributed by atoms with E-state index in [9.17, 15) is 9.59 Å². The smallest absolute Gasteiger partial charge is 0.407 e. The highest BCUT2D eigenvalue weighted by molar-refractivity contribution is 5.95. The largest absolute Gasteiger partial charge is 0.444 e. The fourth-order valence-corrected chi connectivity index (χ4v) is 1.73. The van der Waals surface area contributed by atoms with Gasteiger partial charge in [0.2, 0.25) is 0 Å². The molecular formula is C16H24N2O3. The number of aryl methyl sites for hydroxylation is 1. The molecule has 0 aliphatic carbocycles. The maximum absolute atomic E-state index is 12.0. The second-order valence-corrected chi connectivity index (χ2v) is 6.07. The number of amides is 2. The molecule has 0 aliphatic rings. The Morgan fingerprint density at radius 2 is 1.86 bits per heavy atom. The topological polar surface area (TPSA) is 67.4 Å². The maximum Gasteiger partial charge on any atom is 0.407 e. The van der Waals surface area contributed by atoms with Gasteiger partial charge in [-0.15, -0.1) is 0 Å². The first kappa shape index (κ1) is 17.0. The minimum atomic E-state index is -0.534. The average Bonchev–Trinajstić information content (AvgIpc) is 2.34. The number of ether oxygens (including phenoxy) is 1. The lowest BCUT2D eigenvalue weighted by Crippen LogP contribution is -2.43. The van der Waals surface area contributed by atoms with Crippen LogP contribution in [0.15, 0.2) is 24.3 Å². The van der Waals surface area contributed by atoms with Crippen LogP contribution in [0.1, 0.15) is 43.6 Å². The molecule has 116 valence electrons. The molecule has 0 heterocycles. The third-order valence-corrected chi connectivity index (χ3v) is 2.72. The van der Waals surface area contributed by atoms with Crippen molar-refractivity contribution in [3.05, 3.63) is 35.4 Å². The van der Waals surface area contributed by atoms with Gasteiger partial charge in [0.1, 0.15) is 5.60 Å². The van der Waals surface area contributed by atoms with E-state index in [4.69, 9.17) is 4.74 Å². The van der Waals surface area contributed by atoms with Crippen molar-refractivity contribution in [1.82, 2.24) is 10.6 Å². The highest BCUT2D eigenvalue weighted by Gasteiger charge is 2.18. The zero-order valence-electron chi connectivity index (χ0n) is 13.3. The first-order valence-corrected chi connectivity index (χ1v) is 7.02. The predicted octanol–water partition coefficient (Wildman–Crippen LogP) is 2.64. The maximum atomic E-state index is 12.0. The second-order valence-electron chi connectivity index (χ2n) is 6.07. The highest BCUT2D eigenvalue weighted by Crippen LogP contribution is 2.07. The van der Waals surface area contributed by atoms with Gasteiger partial charge in [0, 0.05) is 18.2 Å².